The van der Waals surface area contributed by atoms with Crippen LogP contribution in [0.3, 0.4) is 0 Å². The quantitative estimate of drug-likeness (QED) is 0.863. The molecule has 1 aromatic heterocycles. The number of pyridine rings is 1. The van der Waals surface area contributed by atoms with Crippen LogP contribution in [0.4, 0.5) is 18.9 Å². The minimum atomic E-state index is -4.65. The van der Waals surface area contributed by atoms with Gasteiger partial charge in [-0.25, -0.2) is 9.78 Å². The molecule has 1 fully saturated rings. The molecule has 2 heterocycles. The third kappa shape index (κ3) is 3.74. The Morgan fingerprint density at radius 2 is 2.17 bits per heavy atom. The molecule has 2 atom stereocenters. The number of esters is 1. The zero-order valence-corrected chi connectivity index (χ0v) is 13.3. The second kappa shape index (κ2) is 6.74. The summed E-state index contributed by atoms with van der Waals surface area (Å²) in [6, 6.07) is 2.58. The van der Waals surface area contributed by atoms with Gasteiger partial charge in [-0.2, -0.15) is 13.2 Å². The number of methoxy groups -OCH3 is 1. The maximum atomic E-state index is 13.4. The summed E-state index contributed by atoms with van der Waals surface area (Å²) in [6.07, 6.45) is -3.83. The fourth-order valence-electron chi connectivity index (χ4n) is 2.65. The Bertz CT molecular complexity index is 578. The summed E-state index contributed by atoms with van der Waals surface area (Å²) in [6.45, 7) is 4.89. The van der Waals surface area contributed by atoms with Crippen LogP contribution in [0.25, 0.3) is 0 Å². The molecule has 0 bridgehead atoms. The number of rotatable bonds is 3. The van der Waals surface area contributed by atoms with Gasteiger partial charge < -0.3 is 15.0 Å². The van der Waals surface area contributed by atoms with Crippen molar-refractivity contribution in [3.05, 3.63) is 23.5 Å². The van der Waals surface area contributed by atoms with Gasteiger partial charge in [-0.15, -0.1) is 0 Å². The highest BCUT2D eigenvalue weighted by atomic mass is 19.4. The molecule has 1 aliphatic heterocycles. The highest BCUT2D eigenvalue weighted by Gasteiger charge is 2.39. The van der Waals surface area contributed by atoms with Crippen molar-refractivity contribution in [3.8, 4) is 0 Å². The van der Waals surface area contributed by atoms with E-state index in [4.69, 9.17) is 0 Å². The van der Waals surface area contributed by atoms with Crippen molar-refractivity contribution >= 4 is 11.7 Å². The molecule has 0 unspecified atom stereocenters. The highest BCUT2D eigenvalue weighted by Crippen LogP contribution is 2.36. The lowest BCUT2D eigenvalue weighted by atomic mass is 10.1. The first-order valence-corrected chi connectivity index (χ1v) is 7.44. The van der Waals surface area contributed by atoms with Crippen molar-refractivity contribution in [2.24, 2.45) is 0 Å². The topological polar surface area (TPSA) is 54.5 Å². The van der Waals surface area contributed by atoms with E-state index in [0.29, 0.717) is 13.1 Å². The van der Waals surface area contributed by atoms with Crippen molar-refractivity contribution in [1.82, 2.24) is 10.3 Å². The molecule has 8 heteroatoms. The molecule has 1 aromatic rings. The molecule has 1 N–H and O–H groups in total. The van der Waals surface area contributed by atoms with E-state index in [1.54, 1.807) is 4.90 Å². The van der Waals surface area contributed by atoms with Crippen molar-refractivity contribution in [1.29, 1.82) is 0 Å². The SMILES string of the molecule is CC[C@H]1CN(c2ccc(C(=O)OC)nc2C(F)(F)F)[C@H](C)CN1. The number of nitrogens with zero attached hydrogens (tertiary/aromatic N) is 2. The van der Waals surface area contributed by atoms with Crippen LogP contribution >= 0.6 is 0 Å². The smallest absolute Gasteiger partial charge is 0.435 e. The first-order valence-electron chi connectivity index (χ1n) is 7.44. The fourth-order valence-corrected chi connectivity index (χ4v) is 2.65. The normalized spacial score (nSPS) is 22.1. The molecule has 0 amide bonds. The summed E-state index contributed by atoms with van der Waals surface area (Å²) in [5.41, 5.74) is -1.40. The van der Waals surface area contributed by atoms with Crippen LogP contribution in [0.5, 0.6) is 0 Å². The number of hydrogen-bond acceptors (Lipinski definition) is 5. The number of hydrogen-bond donors (Lipinski definition) is 1. The largest absolute Gasteiger partial charge is 0.464 e. The number of carbonyl (C=O) groups excluding carboxylic acids is 1. The van der Waals surface area contributed by atoms with Gasteiger partial charge in [0.25, 0.3) is 0 Å². The van der Waals surface area contributed by atoms with E-state index in [-0.39, 0.29) is 23.5 Å². The Labute approximate surface area is 132 Å². The summed E-state index contributed by atoms with van der Waals surface area (Å²) < 4.78 is 44.7. The van der Waals surface area contributed by atoms with Crippen LogP contribution in [0, 0.1) is 0 Å². The van der Waals surface area contributed by atoms with Crippen LogP contribution in [-0.2, 0) is 10.9 Å². The Kier molecular flexibility index (Phi) is 5.13. The molecule has 0 saturated carbocycles. The number of anilines is 1. The summed E-state index contributed by atoms with van der Waals surface area (Å²) in [4.78, 5) is 16.7. The highest BCUT2D eigenvalue weighted by molar-refractivity contribution is 5.87. The Balaban J connectivity index is 2.46. The van der Waals surface area contributed by atoms with Crippen LogP contribution < -0.4 is 10.2 Å². The van der Waals surface area contributed by atoms with E-state index in [1.165, 1.54) is 12.1 Å². The molecule has 2 rings (SSSR count). The maximum absolute atomic E-state index is 13.4. The molecule has 1 saturated heterocycles. The van der Waals surface area contributed by atoms with Crippen molar-refractivity contribution in [2.45, 2.75) is 38.5 Å². The predicted octanol–water partition coefficient (Wildman–Crippen LogP) is 2.46. The van der Waals surface area contributed by atoms with Gasteiger partial charge in [-0.05, 0) is 25.5 Å². The van der Waals surface area contributed by atoms with E-state index in [1.807, 2.05) is 13.8 Å². The minimum absolute atomic E-state index is 0.00222. The number of alkyl halides is 3. The molecule has 128 valence electrons. The lowest BCUT2D eigenvalue weighted by Gasteiger charge is -2.40. The van der Waals surface area contributed by atoms with Gasteiger partial charge in [0, 0.05) is 25.2 Å². The van der Waals surface area contributed by atoms with Crippen LogP contribution in [-0.4, -0.2) is 43.2 Å². The number of carbonyl (C=O) groups is 1. The third-order valence-electron chi connectivity index (χ3n) is 3.99. The van der Waals surface area contributed by atoms with Crippen LogP contribution in [0.2, 0.25) is 0 Å². The van der Waals surface area contributed by atoms with Gasteiger partial charge in [0.1, 0.15) is 5.69 Å². The molecule has 0 aliphatic carbocycles. The Morgan fingerprint density at radius 3 is 2.74 bits per heavy atom. The molecule has 1 aliphatic rings. The van der Waals surface area contributed by atoms with Gasteiger partial charge in [-0.3, -0.25) is 0 Å². The summed E-state index contributed by atoms with van der Waals surface area (Å²) >= 11 is 0. The third-order valence-corrected chi connectivity index (χ3v) is 3.99. The first-order chi connectivity index (χ1) is 10.8. The monoisotopic (exact) mass is 331 g/mol. The number of ether oxygens (including phenoxy) is 1. The lowest BCUT2D eigenvalue weighted by molar-refractivity contribution is -0.140. The number of piperazine rings is 1. The average Bonchev–Trinajstić information content (AvgIpc) is 2.53. The van der Waals surface area contributed by atoms with E-state index in [0.717, 1.165) is 13.5 Å². The molecule has 0 aromatic carbocycles. The van der Waals surface area contributed by atoms with Gasteiger partial charge >= 0.3 is 12.1 Å². The molecule has 23 heavy (non-hydrogen) atoms. The fraction of sp³-hybridized carbons (Fsp3) is 0.600. The molecule has 0 spiro atoms. The Morgan fingerprint density at radius 1 is 1.48 bits per heavy atom. The van der Waals surface area contributed by atoms with Gasteiger partial charge in [0.2, 0.25) is 0 Å². The van der Waals surface area contributed by atoms with Gasteiger partial charge in [-0.1, -0.05) is 6.92 Å². The maximum Gasteiger partial charge on any atom is 0.435 e. The van der Waals surface area contributed by atoms with E-state index >= 15 is 0 Å². The molecule has 5 nitrogen and oxygen atoms in total. The van der Waals surface area contributed by atoms with E-state index in [2.05, 4.69) is 15.0 Å². The average molecular weight is 331 g/mol. The van der Waals surface area contributed by atoms with Gasteiger partial charge in [0.05, 0.1) is 12.8 Å². The lowest BCUT2D eigenvalue weighted by Crippen LogP contribution is -2.55. The standard InChI is InChI=1S/C15H20F3N3O2/c1-4-10-8-21(9(2)7-19-10)12-6-5-11(14(22)23-3)20-13(12)15(16,17)18/h5-6,9-10,19H,4,7-8H2,1-3H3/t9-,10+/m1/s1. The molecular weight excluding hydrogens is 311 g/mol. The van der Waals surface area contributed by atoms with E-state index < -0.39 is 17.8 Å². The van der Waals surface area contributed by atoms with Crippen molar-refractivity contribution in [2.75, 3.05) is 25.1 Å². The minimum Gasteiger partial charge on any atom is -0.464 e. The summed E-state index contributed by atoms with van der Waals surface area (Å²) in [5, 5.41) is 3.30. The van der Waals surface area contributed by atoms with Crippen molar-refractivity contribution < 1.29 is 22.7 Å². The van der Waals surface area contributed by atoms with Crippen LogP contribution in [0.15, 0.2) is 12.1 Å². The number of nitrogens with one attached hydrogen (secondary N) is 1. The van der Waals surface area contributed by atoms with Crippen molar-refractivity contribution in [3.63, 3.8) is 0 Å². The van der Waals surface area contributed by atoms with Crippen LogP contribution in [0.1, 0.15) is 36.5 Å². The molecule has 0 radical (unpaired) electrons. The van der Waals surface area contributed by atoms with E-state index in [9.17, 15) is 18.0 Å². The summed E-state index contributed by atoms with van der Waals surface area (Å²) in [5.74, 6) is -0.887. The number of aromatic nitrogens is 1. The zero-order valence-electron chi connectivity index (χ0n) is 13.3. The second-order valence-corrected chi connectivity index (χ2v) is 5.57. The number of halogens is 3. The predicted molar refractivity (Wildman–Crippen MR) is 79.5 cm³/mol. The second-order valence-electron chi connectivity index (χ2n) is 5.57. The van der Waals surface area contributed by atoms with Gasteiger partial charge in [0.15, 0.2) is 5.69 Å². The zero-order chi connectivity index (χ0) is 17.2. The molecular formula is C15H20F3N3O2. The Hall–Kier alpha value is -1.83. The summed E-state index contributed by atoms with van der Waals surface area (Å²) in [7, 11) is 1.11. The first kappa shape index (κ1) is 17.5.